The highest BCUT2D eigenvalue weighted by Gasteiger charge is 2.34. The summed E-state index contributed by atoms with van der Waals surface area (Å²) >= 11 is 5.93. The van der Waals surface area contributed by atoms with Gasteiger partial charge in [0.15, 0.2) is 11.9 Å². The Morgan fingerprint density at radius 2 is 2.29 bits per heavy atom. The van der Waals surface area contributed by atoms with Crippen LogP contribution in [-0.4, -0.2) is 27.3 Å². The highest BCUT2D eigenvalue weighted by atomic mass is 35.5. The minimum absolute atomic E-state index is 0.329. The van der Waals surface area contributed by atoms with Gasteiger partial charge in [0.1, 0.15) is 6.10 Å². The van der Waals surface area contributed by atoms with E-state index in [1.165, 1.54) is 0 Å². The van der Waals surface area contributed by atoms with Crippen molar-refractivity contribution in [3.63, 3.8) is 0 Å². The molecule has 0 radical (unpaired) electrons. The highest BCUT2D eigenvalue weighted by Crippen LogP contribution is 2.31. The van der Waals surface area contributed by atoms with E-state index in [0.29, 0.717) is 36.0 Å². The van der Waals surface area contributed by atoms with Gasteiger partial charge in [-0.2, -0.15) is 4.98 Å². The number of hydrogen-bond donors (Lipinski definition) is 1. The number of halogens is 1. The molecule has 1 aromatic carbocycles. The largest absolute Gasteiger partial charge is 0.479 e. The van der Waals surface area contributed by atoms with Gasteiger partial charge in [0, 0.05) is 11.4 Å². The number of aliphatic carboxylic acids is 1. The van der Waals surface area contributed by atoms with E-state index in [9.17, 15) is 4.79 Å². The van der Waals surface area contributed by atoms with Gasteiger partial charge < -0.3 is 14.4 Å². The van der Waals surface area contributed by atoms with Gasteiger partial charge >= 0.3 is 5.97 Å². The fourth-order valence-corrected chi connectivity index (χ4v) is 2.51. The molecular formula is C14H13ClN2O4. The third-order valence-corrected chi connectivity index (χ3v) is 3.54. The van der Waals surface area contributed by atoms with Crippen molar-refractivity contribution in [3.8, 4) is 0 Å². The molecule has 1 fully saturated rings. The summed E-state index contributed by atoms with van der Waals surface area (Å²) in [6, 6.07) is 7.42. The molecule has 0 aliphatic carbocycles. The number of carboxylic acid groups (broad SMARTS) is 1. The molecule has 1 aliphatic heterocycles. The molecule has 6 nitrogen and oxygen atoms in total. The normalized spacial score (nSPS) is 21.6. The van der Waals surface area contributed by atoms with Crippen molar-refractivity contribution in [1.82, 2.24) is 10.1 Å². The van der Waals surface area contributed by atoms with Gasteiger partial charge in [-0.05, 0) is 30.5 Å². The SMILES string of the molecule is O=C(O)C1CCC(c2nc(Cc3cccc(Cl)c3)no2)O1. The van der Waals surface area contributed by atoms with Crippen LogP contribution in [0.5, 0.6) is 0 Å². The summed E-state index contributed by atoms with van der Waals surface area (Å²) in [5, 5.41) is 13.5. The Balaban J connectivity index is 1.68. The van der Waals surface area contributed by atoms with Crippen LogP contribution in [0.15, 0.2) is 28.8 Å². The molecule has 3 rings (SSSR count). The third-order valence-electron chi connectivity index (χ3n) is 3.31. The van der Waals surface area contributed by atoms with Crippen LogP contribution in [0.3, 0.4) is 0 Å². The summed E-state index contributed by atoms with van der Waals surface area (Å²) in [4.78, 5) is 15.1. The number of rotatable bonds is 4. The van der Waals surface area contributed by atoms with E-state index in [-0.39, 0.29) is 0 Å². The van der Waals surface area contributed by atoms with Crippen molar-refractivity contribution in [2.75, 3.05) is 0 Å². The average Bonchev–Trinajstić information content (AvgIpc) is 3.06. The van der Waals surface area contributed by atoms with Crippen LogP contribution in [0.2, 0.25) is 5.02 Å². The minimum Gasteiger partial charge on any atom is -0.479 e. The molecular weight excluding hydrogens is 296 g/mol. The second kappa shape index (κ2) is 5.83. The van der Waals surface area contributed by atoms with Gasteiger partial charge in [-0.3, -0.25) is 0 Å². The van der Waals surface area contributed by atoms with Gasteiger partial charge in [-0.1, -0.05) is 28.9 Å². The molecule has 0 saturated carbocycles. The number of carbonyl (C=O) groups is 1. The van der Waals surface area contributed by atoms with E-state index >= 15 is 0 Å². The number of benzene rings is 1. The zero-order valence-corrected chi connectivity index (χ0v) is 11.8. The minimum atomic E-state index is -0.962. The molecule has 2 atom stereocenters. The van der Waals surface area contributed by atoms with E-state index in [1.54, 1.807) is 6.07 Å². The molecule has 2 unspecified atom stereocenters. The number of nitrogens with zero attached hydrogens (tertiary/aromatic N) is 2. The molecule has 7 heteroatoms. The first kappa shape index (κ1) is 14.0. The van der Waals surface area contributed by atoms with Crippen molar-refractivity contribution >= 4 is 17.6 Å². The first-order chi connectivity index (χ1) is 10.1. The standard InChI is InChI=1S/C14H13ClN2O4/c15-9-3-1-2-8(6-9)7-12-16-13(21-17-12)10-4-5-11(20-10)14(18)19/h1-3,6,10-11H,4-5,7H2,(H,18,19). The first-order valence-corrected chi connectivity index (χ1v) is 6.95. The molecule has 2 aromatic rings. The van der Waals surface area contributed by atoms with Gasteiger partial charge in [0.2, 0.25) is 0 Å². The van der Waals surface area contributed by atoms with Crippen molar-refractivity contribution in [2.45, 2.75) is 31.5 Å². The summed E-state index contributed by atoms with van der Waals surface area (Å²) in [6.45, 7) is 0. The van der Waals surface area contributed by atoms with Crippen LogP contribution < -0.4 is 0 Å². The Morgan fingerprint density at radius 3 is 3.00 bits per heavy atom. The zero-order valence-electron chi connectivity index (χ0n) is 11.0. The lowest BCUT2D eigenvalue weighted by Crippen LogP contribution is -2.18. The maximum absolute atomic E-state index is 10.9. The first-order valence-electron chi connectivity index (χ1n) is 6.57. The van der Waals surface area contributed by atoms with Crippen LogP contribution >= 0.6 is 11.6 Å². The number of ether oxygens (including phenoxy) is 1. The molecule has 1 aromatic heterocycles. The van der Waals surface area contributed by atoms with Crippen molar-refractivity contribution < 1.29 is 19.2 Å². The molecule has 0 spiro atoms. The van der Waals surface area contributed by atoms with Gasteiger partial charge in [-0.15, -0.1) is 0 Å². The van der Waals surface area contributed by atoms with E-state index in [2.05, 4.69) is 10.1 Å². The highest BCUT2D eigenvalue weighted by molar-refractivity contribution is 6.30. The summed E-state index contributed by atoms with van der Waals surface area (Å²) in [7, 11) is 0. The molecule has 2 heterocycles. The lowest BCUT2D eigenvalue weighted by molar-refractivity contribution is -0.150. The Bertz CT molecular complexity index is 658. The Hall–Kier alpha value is -1.92. The number of hydrogen-bond acceptors (Lipinski definition) is 5. The maximum atomic E-state index is 10.9. The maximum Gasteiger partial charge on any atom is 0.332 e. The van der Waals surface area contributed by atoms with Gasteiger partial charge in [0.05, 0.1) is 0 Å². The zero-order chi connectivity index (χ0) is 14.8. The summed E-state index contributed by atoms with van der Waals surface area (Å²) in [6.07, 6.45) is 0.283. The Morgan fingerprint density at radius 1 is 1.43 bits per heavy atom. The molecule has 1 aliphatic rings. The van der Waals surface area contributed by atoms with Gasteiger partial charge in [-0.25, -0.2) is 4.79 Å². The van der Waals surface area contributed by atoms with Crippen molar-refractivity contribution in [2.24, 2.45) is 0 Å². The average molecular weight is 309 g/mol. The van der Waals surface area contributed by atoms with Crippen LogP contribution in [0.1, 0.15) is 36.2 Å². The summed E-state index contributed by atoms with van der Waals surface area (Å²) < 4.78 is 10.5. The van der Waals surface area contributed by atoms with Crippen molar-refractivity contribution in [3.05, 3.63) is 46.6 Å². The summed E-state index contributed by atoms with van der Waals surface area (Å²) in [5.41, 5.74) is 0.977. The second-order valence-electron chi connectivity index (χ2n) is 4.88. The topological polar surface area (TPSA) is 85.5 Å². The fraction of sp³-hybridized carbons (Fsp3) is 0.357. The van der Waals surface area contributed by atoms with Crippen LogP contribution in [0.25, 0.3) is 0 Å². The second-order valence-corrected chi connectivity index (χ2v) is 5.32. The monoisotopic (exact) mass is 308 g/mol. The molecule has 1 saturated heterocycles. The summed E-state index contributed by atoms with van der Waals surface area (Å²) in [5.74, 6) is -0.110. The third kappa shape index (κ3) is 3.22. The Labute approximate surface area is 125 Å². The fourth-order valence-electron chi connectivity index (χ4n) is 2.30. The number of carboxylic acids is 1. The molecule has 0 bridgehead atoms. The number of aromatic nitrogens is 2. The van der Waals surface area contributed by atoms with Crippen molar-refractivity contribution in [1.29, 1.82) is 0 Å². The molecule has 0 amide bonds. The van der Waals surface area contributed by atoms with E-state index in [4.69, 9.17) is 26.0 Å². The van der Waals surface area contributed by atoms with Gasteiger partial charge in [0.25, 0.3) is 5.89 Å². The molecule has 1 N–H and O–H groups in total. The quantitative estimate of drug-likeness (QED) is 0.934. The molecule has 110 valence electrons. The lowest BCUT2D eigenvalue weighted by Gasteiger charge is -2.05. The van der Waals surface area contributed by atoms with Crippen LogP contribution in [-0.2, 0) is 16.0 Å². The lowest BCUT2D eigenvalue weighted by atomic mass is 10.1. The van der Waals surface area contributed by atoms with E-state index in [0.717, 1.165) is 5.56 Å². The van der Waals surface area contributed by atoms with E-state index in [1.807, 2.05) is 18.2 Å². The smallest absolute Gasteiger partial charge is 0.332 e. The van der Waals surface area contributed by atoms with Crippen LogP contribution in [0, 0.1) is 0 Å². The molecule has 21 heavy (non-hydrogen) atoms. The Kier molecular flexibility index (Phi) is 3.90. The predicted octanol–water partition coefficient (Wildman–Crippen LogP) is 2.62. The van der Waals surface area contributed by atoms with Crippen LogP contribution in [0.4, 0.5) is 0 Å². The van der Waals surface area contributed by atoms with E-state index < -0.39 is 18.2 Å². The predicted molar refractivity (Wildman–Crippen MR) is 73.0 cm³/mol.